The Bertz CT molecular complexity index is 982. The molecule has 0 saturated heterocycles. The highest BCUT2D eigenvalue weighted by molar-refractivity contribution is 7.89. The van der Waals surface area contributed by atoms with E-state index in [0.717, 1.165) is 4.31 Å². The molecule has 0 spiro atoms. The van der Waals surface area contributed by atoms with Crippen LogP contribution in [0.4, 0.5) is 0 Å². The molecule has 0 saturated carbocycles. The van der Waals surface area contributed by atoms with Gasteiger partial charge in [0.25, 0.3) is 0 Å². The number of carbonyl (C=O) groups excluding carboxylic acids is 1. The second-order valence-corrected chi connectivity index (χ2v) is 8.54. The number of methoxy groups -OCH3 is 1. The fourth-order valence-electron chi connectivity index (χ4n) is 2.42. The van der Waals surface area contributed by atoms with Crippen LogP contribution in [-0.4, -0.2) is 46.3 Å². The van der Waals surface area contributed by atoms with Gasteiger partial charge in [-0.1, -0.05) is 17.7 Å². The van der Waals surface area contributed by atoms with Crippen LogP contribution in [0.25, 0.3) is 6.08 Å². The average molecular weight is 424 g/mol. The van der Waals surface area contributed by atoms with Gasteiger partial charge in [0.15, 0.2) is 17.3 Å². The van der Waals surface area contributed by atoms with Crippen LogP contribution in [-0.2, 0) is 10.0 Å². The minimum atomic E-state index is -3.53. The number of ketones is 1. The highest BCUT2D eigenvalue weighted by atomic mass is 35.5. The zero-order valence-electron chi connectivity index (χ0n) is 16.1. The van der Waals surface area contributed by atoms with E-state index in [2.05, 4.69) is 0 Å². The minimum Gasteiger partial charge on any atom is -0.491 e. The molecule has 0 amide bonds. The first-order chi connectivity index (χ1) is 13.2. The van der Waals surface area contributed by atoms with Crippen molar-refractivity contribution in [3.05, 3.63) is 58.6 Å². The summed E-state index contributed by atoms with van der Waals surface area (Å²) in [6.45, 7) is 2.29. The molecule has 0 aliphatic heterocycles. The number of hydrogen-bond acceptors (Lipinski definition) is 5. The number of ether oxygens (including phenoxy) is 2. The van der Waals surface area contributed by atoms with Crippen LogP contribution in [0, 0.1) is 0 Å². The Kier molecular flexibility index (Phi) is 7.23. The number of nitrogens with zero attached hydrogens (tertiary/aromatic N) is 1. The monoisotopic (exact) mass is 423 g/mol. The summed E-state index contributed by atoms with van der Waals surface area (Å²) in [6, 6.07) is 9.18. The Labute approximate surface area is 170 Å². The Morgan fingerprint density at radius 2 is 1.82 bits per heavy atom. The van der Waals surface area contributed by atoms with Gasteiger partial charge in [-0.3, -0.25) is 4.79 Å². The topological polar surface area (TPSA) is 72.9 Å². The summed E-state index contributed by atoms with van der Waals surface area (Å²) in [5, 5.41) is 0.374. The SMILES string of the molecule is CCOc1cc(/C=C/C(=O)c2ccc(S(=O)(=O)N(C)C)cc2)cc(Cl)c1OC. The van der Waals surface area contributed by atoms with Gasteiger partial charge in [-0.15, -0.1) is 0 Å². The fourth-order valence-corrected chi connectivity index (χ4v) is 3.61. The largest absolute Gasteiger partial charge is 0.491 e. The molecule has 28 heavy (non-hydrogen) atoms. The minimum absolute atomic E-state index is 0.126. The number of allylic oxidation sites excluding steroid dienone is 1. The highest BCUT2D eigenvalue weighted by Gasteiger charge is 2.17. The van der Waals surface area contributed by atoms with Gasteiger partial charge >= 0.3 is 0 Å². The zero-order valence-corrected chi connectivity index (χ0v) is 17.7. The van der Waals surface area contributed by atoms with Crippen molar-refractivity contribution in [1.82, 2.24) is 4.31 Å². The summed E-state index contributed by atoms with van der Waals surface area (Å²) in [7, 11) is 0.874. The molecule has 0 heterocycles. The normalized spacial score (nSPS) is 11.8. The summed E-state index contributed by atoms with van der Waals surface area (Å²) in [5.41, 5.74) is 1.05. The van der Waals surface area contributed by atoms with Gasteiger partial charge in [-0.2, -0.15) is 0 Å². The lowest BCUT2D eigenvalue weighted by Crippen LogP contribution is -2.22. The van der Waals surface area contributed by atoms with Gasteiger partial charge < -0.3 is 9.47 Å². The Hall–Kier alpha value is -2.35. The van der Waals surface area contributed by atoms with Crippen LogP contribution in [0.1, 0.15) is 22.8 Å². The quantitative estimate of drug-likeness (QED) is 0.475. The number of benzene rings is 2. The van der Waals surface area contributed by atoms with E-state index in [1.807, 2.05) is 6.92 Å². The van der Waals surface area contributed by atoms with E-state index < -0.39 is 10.0 Å². The van der Waals surface area contributed by atoms with Gasteiger partial charge in [-0.05, 0) is 55.0 Å². The summed E-state index contributed by atoms with van der Waals surface area (Å²) >= 11 is 6.20. The Morgan fingerprint density at radius 3 is 2.36 bits per heavy atom. The smallest absolute Gasteiger partial charge is 0.242 e. The maximum atomic E-state index is 12.4. The first kappa shape index (κ1) is 21.9. The molecule has 0 radical (unpaired) electrons. The van der Waals surface area contributed by atoms with Gasteiger partial charge in [0.1, 0.15) is 0 Å². The number of sulfonamides is 1. The van der Waals surface area contributed by atoms with Crippen molar-refractivity contribution < 1.29 is 22.7 Å². The maximum Gasteiger partial charge on any atom is 0.242 e. The number of halogens is 1. The van der Waals surface area contributed by atoms with Gasteiger partial charge in [0.05, 0.1) is 23.6 Å². The molecular weight excluding hydrogens is 402 g/mol. The lowest BCUT2D eigenvalue weighted by Gasteiger charge is -2.12. The van der Waals surface area contributed by atoms with Gasteiger partial charge in [-0.25, -0.2) is 12.7 Å². The van der Waals surface area contributed by atoms with Crippen molar-refractivity contribution in [2.75, 3.05) is 27.8 Å². The van der Waals surface area contributed by atoms with E-state index in [0.29, 0.717) is 34.3 Å². The maximum absolute atomic E-state index is 12.4. The number of rotatable bonds is 8. The van der Waals surface area contributed by atoms with Crippen LogP contribution in [0.15, 0.2) is 47.4 Å². The molecule has 0 aromatic heterocycles. The first-order valence-electron chi connectivity index (χ1n) is 8.46. The van der Waals surface area contributed by atoms with Crippen LogP contribution in [0.5, 0.6) is 11.5 Å². The molecule has 0 aliphatic rings. The lowest BCUT2D eigenvalue weighted by molar-refractivity contribution is 0.104. The van der Waals surface area contributed by atoms with E-state index in [9.17, 15) is 13.2 Å². The third-order valence-electron chi connectivity index (χ3n) is 3.88. The molecule has 8 heteroatoms. The molecular formula is C20H22ClNO5S. The molecule has 2 aromatic rings. The molecule has 0 N–H and O–H groups in total. The highest BCUT2D eigenvalue weighted by Crippen LogP contribution is 2.36. The second-order valence-electron chi connectivity index (χ2n) is 5.98. The molecule has 0 atom stereocenters. The lowest BCUT2D eigenvalue weighted by atomic mass is 10.1. The predicted molar refractivity (Wildman–Crippen MR) is 110 cm³/mol. The van der Waals surface area contributed by atoms with E-state index in [1.54, 1.807) is 18.2 Å². The van der Waals surface area contributed by atoms with Crippen LogP contribution in [0.2, 0.25) is 5.02 Å². The predicted octanol–water partition coefficient (Wildman–Crippen LogP) is 3.89. The molecule has 0 aliphatic carbocycles. The van der Waals surface area contributed by atoms with Crippen molar-refractivity contribution >= 4 is 33.5 Å². The van der Waals surface area contributed by atoms with E-state index in [1.165, 1.54) is 51.5 Å². The van der Waals surface area contributed by atoms with Gasteiger partial charge in [0.2, 0.25) is 10.0 Å². The third-order valence-corrected chi connectivity index (χ3v) is 5.99. The van der Waals surface area contributed by atoms with Crippen LogP contribution in [0.3, 0.4) is 0 Å². The number of carbonyl (C=O) groups is 1. The van der Waals surface area contributed by atoms with E-state index in [-0.39, 0.29) is 10.7 Å². The van der Waals surface area contributed by atoms with Gasteiger partial charge in [0, 0.05) is 19.7 Å². The standard InChI is InChI=1S/C20H22ClNO5S/c1-5-27-19-13-14(12-17(21)20(19)26-4)6-11-18(23)15-7-9-16(10-8-15)28(24,25)22(2)3/h6-13H,5H2,1-4H3/b11-6+. The third kappa shape index (κ3) is 4.92. The van der Waals surface area contributed by atoms with Crippen molar-refractivity contribution in [3.63, 3.8) is 0 Å². The summed E-state index contributed by atoms with van der Waals surface area (Å²) in [5.74, 6) is 0.659. The molecule has 2 aromatic carbocycles. The molecule has 150 valence electrons. The summed E-state index contributed by atoms with van der Waals surface area (Å²) in [6.07, 6.45) is 3.00. The molecule has 2 rings (SSSR count). The van der Waals surface area contributed by atoms with E-state index in [4.69, 9.17) is 21.1 Å². The average Bonchev–Trinajstić information content (AvgIpc) is 2.66. The second kappa shape index (κ2) is 9.23. The summed E-state index contributed by atoms with van der Waals surface area (Å²) < 4.78 is 36.0. The van der Waals surface area contributed by atoms with Crippen LogP contribution >= 0.6 is 11.6 Å². The first-order valence-corrected chi connectivity index (χ1v) is 10.3. The Morgan fingerprint density at radius 1 is 1.18 bits per heavy atom. The zero-order chi connectivity index (χ0) is 20.9. The van der Waals surface area contributed by atoms with Crippen molar-refractivity contribution in [3.8, 4) is 11.5 Å². The van der Waals surface area contributed by atoms with E-state index >= 15 is 0 Å². The van der Waals surface area contributed by atoms with Crippen LogP contribution < -0.4 is 9.47 Å². The van der Waals surface area contributed by atoms with Crippen molar-refractivity contribution in [2.45, 2.75) is 11.8 Å². The molecule has 6 nitrogen and oxygen atoms in total. The molecule has 0 fully saturated rings. The molecule has 0 unspecified atom stereocenters. The Balaban J connectivity index is 2.24. The molecule has 0 bridgehead atoms. The van der Waals surface area contributed by atoms with Crippen molar-refractivity contribution in [2.24, 2.45) is 0 Å². The number of hydrogen-bond donors (Lipinski definition) is 0. The fraction of sp³-hybridized carbons (Fsp3) is 0.250. The summed E-state index contributed by atoms with van der Waals surface area (Å²) in [4.78, 5) is 12.5. The van der Waals surface area contributed by atoms with Crippen molar-refractivity contribution in [1.29, 1.82) is 0 Å².